The van der Waals surface area contributed by atoms with Crippen LogP contribution in [0.3, 0.4) is 0 Å². The molecule has 3 aliphatic heterocycles. The second-order valence-corrected chi connectivity index (χ2v) is 14.0. The summed E-state index contributed by atoms with van der Waals surface area (Å²) in [4.78, 5) is 40.2. The standard InChI is InChI=1S/C39H32N2O9S/c1-39(40-38(44)47-23-26-13-5-2-6-14-26,37(43)48-24-41-36(42)30-19-11-12-20-32(30)51(41,45)46)22-29-21-31-33(27-15-7-3-8-16-27)34(35(29)50-25-49-31)28-17-9-4-10-18-28/h2-21H,22-25H2,1H3,(H,40,44)/t39-/m0/s1. The quantitative estimate of drug-likeness (QED) is 0.166. The van der Waals surface area contributed by atoms with Crippen LogP contribution in [-0.4, -0.2) is 49.8 Å². The van der Waals surface area contributed by atoms with E-state index < -0.39 is 40.3 Å². The third-order valence-corrected chi connectivity index (χ3v) is 10.4. The van der Waals surface area contributed by atoms with Gasteiger partial charge in [0, 0.05) is 23.1 Å². The van der Waals surface area contributed by atoms with Crippen LogP contribution in [0.25, 0.3) is 22.3 Å². The van der Waals surface area contributed by atoms with Crippen LogP contribution in [0.15, 0.2) is 126 Å². The Kier molecular flexibility index (Phi) is 8.92. The summed E-state index contributed by atoms with van der Waals surface area (Å²) in [5.41, 5.74) is 2.57. The fourth-order valence-corrected chi connectivity index (χ4v) is 7.62. The zero-order valence-electron chi connectivity index (χ0n) is 27.4. The number of carbonyl (C=O) groups excluding carboxylic acids is 3. The van der Waals surface area contributed by atoms with E-state index in [1.54, 1.807) is 36.4 Å². The minimum Gasteiger partial charge on any atom is -0.457 e. The molecule has 51 heavy (non-hydrogen) atoms. The van der Waals surface area contributed by atoms with Crippen molar-refractivity contribution in [3.05, 3.63) is 138 Å². The van der Waals surface area contributed by atoms with Crippen LogP contribution in [-0.2, 0) is 37.3 Å². The topological polar surface area (TPSA) is 138 Å². The van der Waals surface area contributed by atoms with E-state index in [-0.39, 0.29) is 30.3 Å². The normalized spacial score (nSPS) is 15.1. The summed E-state index contributed by atoms with van der Waals surface area (Å²) in [6, 6.07) is 35.7. The number of ether oxygens (including phenoxy) is 4. The first kappa shape index (κ1) is 33.4. The maximum atomic E-state index is 14.1. The number of nitrogens with zero attached hydrogens (tertiary/aromatic N) is 1. The van der Waals surface area contributed by atoms with Gasteiger partial charge >= 0.3 is 12.1 Å². The molecule has 0 aromatic heterocycles. The molecule has 5 aromatic rings. The molecule has 5 aromatic carbocycles. The highest BCUT2D eigenvalue weighted by atomic mass is 32.2. The van der Waals surface area contributed by atoms with E-state index in [1.165, 1.54) is 25.1 Å². The van der Waals surface area contributed by atoms with Gasteiger partial charge < -0.3 is 24.3 Å². The predicted molar refractivity (Wildman–Crippen MR) is 186 cm³/mol. The van der Waals surface area contributed by atoms with Crippen molar-refractivity contribution in [2.24, 2.45) is 0 Å². The number of benzene rings is 5. The molecule has 0 radical (unpaired) electrons. The van der Waals surface area contributed by atoms with Crippen LogP contribution in [0.1, 0.15) is 28.4 Å². The van der Waals surface area contributed by atoms with Crippen LogP contribution in [0.4, 0.5) is 4.79 Å². The maximum absolute atomic E-state index is 14.1. The first-order chi connectivity index (χ1) is 24.7. The highest BCUT2D eigenvalue weighted by Gasteiger charge is 2.44. The lowest BCUT2D eigenvalue weighted by Crippen LogP contribution is -2.55. The molecule has 8 rings (SSSR count). The van der Waals surface area contributed by atoms with Gasteiger partial charge in [-0.1, -0.05) is 103 Å². The molecule has 3 aliphatic rings. The Hall–Kier alpha value is -6.14. The van der Waals surface area contributed by atoms with Crippen LogP contribution >= 0.6 is 0 Å². The Morgan fingerprint density at radius 3 is 2.08 bits per heavy atom. The zero-order valence-corrected chi connectivity index (χ0v) is 28.2. The van der Waals surface area contributed by atoms with Crippen molar-refractivity contribution in [2.75, 3.05) is 13.5 Å². The van der Waals surface area contributed by atoms with Gasteiger partial charge in [0.2, 0.25) is 6.79 Å². The molecule has 0 spiro atoms. The van der Waals surface area contributed by atoms with Crippen molar-refractivity contribution in [3.8, 4) is 33.8 Å². The average Bonchev–Trinajstić information content (AvgIpc) is 3.34. The third kappa shape index (κ3) is 6.49. The number of hydrogen-bond acceptors (Lipinski definition) is 9. The second-order valence-electron chi connectivity index (χ2n) is 12.2. The van der Waals surface area contributed by atoms with Crippen molar-refractivity contribution in [1.29, 1.82) is 0 Å². The Balaban J connectivity index is 1.24. The van der Waals surface area contributed by atoms with Crippen LogP contribution < -0.4 is 14.8 Å². The van der Waals surface area contributed by atoms with Gasteiger partial charge in [-0.2, -0.15) is 4.31 Å². The SMILES string of the molecule is C[C@@](Cc1cc2c(-c3ccccc3)c(-c3ccccc3)c1OCO2)(NC(=O)OCc1ccccc1)C(=O)OCN1C(=O)c2ccccc2S1(=O)=O. The number of fused-ring (bicyclic) bond motifs is 5. The number of hydrogen-bond donors (Lipinski definition) is 1. The van der Waals surface area contributed by atoms with E-state index in [1.807, 2.05) is 66.7 Å². The average molecular weight is 705 g/mol. The monoisotopic (exact) mass is 704 g/mol. The smallest absolute Gasteiger partial charge is 0.408 e. The first-order valence-electron chi connectivity index (χ1n) is 16.0. The fraction of sp³-hybridized carbons (Fsp3) is 0.154. The summed E-state index contributed by atoms with van der Waals surface area (Å²) in [5, 5.41) is 2.65. The van der Waals surface area contributed by atoms with Gasteiger partial charge in [0.25, 0.3) is 15.9 Å². The van der Waals surface area contributed by atoms with Gasteiger partial charge in [-0.3, -0.25) is 4.79 Å². The Bertz CT molecular complexity index is 2230. The zero-order chi connectivity index (χ0) is 35.6. The summed E-state index contributed by atoms with van der Waals surface area (Å²) in [6.45, 7) is 0.335. The molecule has 12 heteroatoms. The lowest BCUT2D eigenvalue weighted by atomic mass is 9.86. The minimum atomic E-state index is -4.28. The van der Waals surface area contributed by atoms with Crippen molar-refractivity contribution < 1.29 is 41.7 Å². The molecule has 0 fully saturated rings. The van der Waals surface area contributed by atoms with Crippen molar-refractivity contribution in [3.63, 3.8) is 0 Å². The van der Waals surface area contributed by atoms with Gasteiger partial charge in [0.15, 0.2) is 6.73 Å². The predicted octanol–water partition coefficient (Wildman–Crippen LogP) is 6.32. The molecule has 0 unspecified atom stereocenters. The van der Waals surface area contributed by atoms with Gasteiger partial charge in [-0.15, -0.1) is 0 Å². The second kappa shape index (κ2) is 13.6. The number of amides is 2. The number of esters is 1. The van der Waals surface area contributed by atoms with E-state index in [4.69, 9.17) is 18.9 Å². The molecule has 1 atom stereocenters. The molecule has 0 saturated carbocycles. The molecule has 1 N–H and O–H groups in total. The molecule has 0 saturated heterocycles. The van der Waals surface area contributed by atoms with Crippen molar-refractivity contribution in [2.45, 2.75) is 30.4 Å². The molecular formula is C39H32N2O9S. The van der Waals surface area contributed by atoms with Crippen LogP contribution in [0, 0.1) is 0 Å². The number of nitrogens with one attached hydrogen (secondary N) is 1. The highest BCUT2D eigenvalue weighted by molar-refractivity contribution is 7.90. The summed E-state index contributed by atoms with van der Waals surface area (Å²) < 4.78 is 50.1. The van der Waals surface area contributed by atoms with Gasteiger partial charge in [-0.05, 0) is 41.8 Å². The van der Waals surface area contributed by atoms with Crippen molar-refractivity contribution >= 4 is 28.0 Å². The van der Waals surface area contributed by atoms with Crippen molar-refractivity contribution in [1.82, 2.24) is 9.62 Å². The summed E-state index contributed by atoms with van der Waals surface area (Å²) in [7, 11) is -4.28. The number of sulfonamides is 1. The lowest BCUT2D eigenvalue weighted by Gasteiger charge is -2.30. The number of alkyl carbamates (subject to hydrolysis) is 1. The fourth-order valence-electron chi connectivity index (χ4n) is 6.19. The molecule has 2 amide bonds. The number of rotatable bonds is 10. The van der Waals surface area contributed by atoms with E-state index in [9.17, 15) is 22.8 Å². The summed E-state index contributed by atoms with van der Waals surface area (Å²) in [6.07, 6.45) is -1.11. The Labute approximate surface area is 294 Å². The van der Waals surface area contributed by atoms with Crippen LogP contribution in [0.5, 0.6) is 11.5 Å². The summed E-state index contributed by atoms with van der Waals surface area (Å²) >= 11 is 0. The maximum Gasteiger partial charge on any atom is 0.408 e. The largest absolute Gasteiger partial charge is 0.457 e. The van der Waals surface area contributed by atoms with E-state index in [0.717, 1.165) is 27.8 Å². The van der Waals surface area contributed by atoms with Gasteiger partial charge in [0.1, 0.15) is 28.5 Å². The molecule has 3 heterocycles. The molecule has 11 nitrogen and oxygen atoms in total. The van der Waals surface area contributed by atoms with Gasteiger partial charge in [0.05, 0.1) is 5.56 Å². The Morgan fingerprint density at radius 1 is 0.804 bits per heavy atom. The van der Waals surface area contributed by atoms with E-state index in [2.05, 4.69) is 5.32 Å². The molecule has 258 valence electrons. The highest BCUT2D eigenvalue weighted by Crippen LogP contribution is 2.49. The summed E-state index contributed by atoms with van der Waals surface area (Å²) in [5.74, 6) is -0.931. The van der Waals surface area contributed by atoms with Crippen LogP contribution in [0.2, 0.25) is 0 Å². The number of carbonyl (C=O) groups is 3. The van der Waals surface area contributed by atoms with E-state index >= 15 is 0 Å². The molecular weight excluding hydrogens is 673 g/mol. The van der Waals surface area contributed by atoms with E-state index in [0.29, 0.717) is 21.4 Å². The first-order valence-corrected chi connectivity index (χ1v) is 17.5. The molecule has 2 bridgehead atoms. The Morgan fingerprint density at radius 2 is 1.41 bits per heavy atom. The molecule has 0 aliphatic carbocycles. The minimum absolute atomic E-state index is 0.0291. The van der Waals surface area contributed by atoms with Gasteiger partial charge in [-0.25, -0.2) is 18.0 Å². The lowest BCUT2D eigenvalue weighted by molar-refractivity contribution is -0.152. The third-order valence-electron chi connectivity index (χ3n) is 8.67.